The van der Waals surface area contributed by atoms with Crippen molar-refractivity contribution in [2.45, 2.75) is 25.1 Å². The molecule has 28 heavy (non-hydrogen) atoms. The molecule has 1 aliphatic heterocycles. The minimum absolute atomic E-state index is 0.00201. The monoisotopic (exact) mass is 393 g/mol. The molecule has 1 aliphatic rings. The van der Waals surface area contributed by atoms with Crippen LogP contribution in [-0.4, -0.2) is 51.6 Å². The van der Waals surface area contributed by atoms with E-state index in [4.69, 9.17) is 4.42 Å². The number of hydrogen-bond acceptors (Lipinski definition) is 5. The zero-order valence-corrected chi connectivity index (χ0v) is 15.0. The lowest BCUT2D eigenvalue weighted by molar-refractivity contribution is -0.142. The van der Waals surface area contributed by atoms with Gasteiger partial charge in [0.15, 0.2) is 17.1 Å². The second-order valence-corrected chi connectivity index (χ2v) is 6.85. The fraction of sp³-hybridized carbons (Fsp3) is 0.389. The highest BCUT2D eigenvalue weighted by Gasteiger charge is 2.36. The van der Waals surface area contributed by atoms with E-state index < -0.39 is 17.8 Å². The average molecular weight is 393 g/mol. The van der Waals surface area contributed by atoms with Crippen LogP contribution < -0.4 is 5.32 Å². The van der Waals surface area contributed by atoms with E-state index in [2.05, 4.69) is 20.3 Å². The third-order valence-corrected chi connectivity index (χ3v) is 4.83. The molecule has 0 bridgehead atoms. The van der Waals surface area contributed by atoms with E-state index in [1.807, 2.05) is 7.05 Å². The van der Waals surface area contributed by atoms with Gasteiger partial charge < -0.3 is 14.6 Å². The van der Waals surface area contributed by atoms with E-state index in [9.17, 15) is 18.0 Å². The fourth-order valence-electron chi connectivity index (χ4n) is 3.29. The van der Waals surface area contributed by atoms with Gasteiger partial charge in [0.05, 0.1) is 12.5 Å². The number of halogens is 3. The molecule has 0 saturated carbocycles. The van der Waals surface area contributed by atoms with Gasteiger partial charge in [0.1, 0.15) is 11.3 Å². The van der Waals surface area contributed by atoms with Crippen LogP contribution in [0.5, 0.6) is 0 Å². The van der Waals surface area contributed by atoms with Crippen LogP contribution in [0.25, 0.3) is 17.1 Å². The van der Waals surface area contributed by atoms with Crippen LogP contribution >= 0.6 is 0 Å². The third kappa shape index (κ3) is 3.47. The summed E-state index contributed by atoms with van der Waals surface area (Å²) < 4.78 is 46.4. The average Bonchev–Trinajstić information content (AvgIpc) is 3.31. The SMILES string of the molecule is CN1CCC(NC(=O)c2cnn3c(C(F)(F)F)cc(-c4ccco4)nc23)CC1. The van der Waals surface area contributed by atoms with Crippen LogP contribution in [0.2, 0.25) is 0 Å². The molecule has 1 fully saturated rings. The maximum absolute atomic E-state index is 13.5. The lowest BCUT2D eigenvalue weighted by atomic mass is 10.1. The van der Waals surface area contributed by atoms with Crippen LogP contribution in [0.4, 0.5) is 13.2 Å². The molecule has 0 spiro atoms. The highest BCUT2D eigenvalue weighted by Crippen LogP contribution is 2.32. The Labute approximate surface area is 158 Å². The summed E-state index contributed by atoms with van der Waals surface area (Å²) in [7, 11) is 2.00. The second-order valence-electron chi connectivity index (χ2n) is 6.85. The summed E-state index contributed by atoms with van der Waals surface area (Å²) in [6.07, 6.45) is -0.650. The minimum atomic E-state index is -4.67. The molecule has 3 aromatic rings. The summed E-state index contributed by atoms with van der Waals surface area (Å²) in [5.74, 6) is -0.308. The second kappa shape index (κ2) is 6.93. The predicted octanol–water partition coefficient (Wildman–Crippen LogP) is 2.83. The van der Waals surface area contributed by atoms with Crippen molar-refractivity contribution in [1.29, 1.82) is 0 Å². The quantitative estimate of drug-likeness (QED) is 0.741. The van der Waals surface area contributed by atoms with Gasteiger partial charge in [0.2, 0.25) is 0 Å². The molecular formula is C18H18F3N5O2. The van der Waals surface area contributed by atoms with Gasteiger partial charge >= 0.3 is 6.18 Å². The lowest BCUT2D eigenvalue weighted by Crippen LogP contribution is -2.43. The summed E-state index contributed by atoms with van der Waals surface area (Å²) in [6, 6.07) is 3.89. The van der Waals surface area contributed by atoms with Crippen LogP contribution in [-0.2, 0) is 6.18 Å². The zero-order chi connectivity index (χ0) is 19.9. The molecule has 148 valence electrons. The van der Waals surface area contributed by atoms with Gasteiger partial charge in [0, 0.05) is 6.04 Å². The highest BCUT2D eigenvalue weighted by atomic mass is 19.4. The van der Waals surface area contributed by atoms with Gasteiger partial charge in [0.25, 0.3) is 5.91 Å². The van der Waals surface area contributed by atoms with Crippen molar-refractivity contribution in [2.75, 3.05) is 20.1 Å². The van der Waals surface area contributed by atoms with Crippen molar-refractivity contribution in [3.63, 3.8) is 0 Å². The molecule has 4 heterocycles. The van der Waals surface area contributed by atoms with Crippen molar-refractivity contribution in [1.82, 2.24) is 24.8 Å². The molecule has 1 N–H and O–H groups in total. The summed E-state index contributed by atoms with van der Waals surface area (Å²) in [5, 5.41) is 6.65. The molecule has 1 amide bonds. The van der Waals surface area contributed by atoms with E-state index in [1.54, 1.807) is 6.07 Å². The Kier molecular flexibility index (Phi) is 4.58. The predicted molar refractivity (Wildman–Crippen MR) is 93.7 cm³/mol. The molecular weight excluding hydrogens is 375 g/mol. The highest BCUT2D eigenvalue weighted by molar-refractivity contribution is 6.00. The van der Waals surface area contributed by atoms with Crippen molar-refractivity contribution < 1.29 is 22.4 Å². The van der Waals surface area contributed by atoms with Gasteiger partial charge in [-0.15, -0.1) is 0 Å². The van der Waals surface area contributed by atoms with E-state index >= 15 is 0 Å². The minimum Gasteiger partial charge on any atom is -0.463 e. The van der Waals surface area contributed by atoms with Gasteiger partial charge in [-0.1, -0.05) is 0 Å². The normalized spacial score (nSPS) is 16.6. The Morgan fingerprint density at radius 3 is 2.71 bits per heavy atom. The molecule has 0 radical (unpaired) electrons. The van der Waals surface area contributed by atoms with Crippen LogP contribution in [0.1, 0.15) is 28.9 Å². The Balaban J connectivity index is 1.73. The Bertz CT molecular complexity index is 989. The standard InChI is InChI=1S/C18H18F3N5O2/c1-25-6-4-11(5-7-25)23-17(27)12-10-22-26-15(18(19,20)21)9-13(24-16(12)26)14-3-2-8-28-14/h2-3,8-11H,4-7H2,1H3,(H,23,27). The third-order valence-electron chi connectivity index (χ3n) is 4.83. The number of hydrogen-bond donors (Lipinski definition) is 1. The maximum Gasteiger partial charge on any atom is 0.433 e. The maximum atomic E-state index is 13.5. The van der Waals surface area contributed by atoms with Crippen LogP contribution in [0, 0.1) is 0 Å². The Morgan fingerprint density at radius 1 is 1.32 bits per heavy atom. The van der Waals surface area contributed by atoms with E-state index in [1.165, 1.54) is 12.3 Å². The number of amides is 1. The molecule has 10 heteroatoms. The van der Waals surface area contributed by atoms with Crippen LogP contribution in [0.3, 0.4) is 0 Å². The summed E-state index contributed by atoms with van der Waals surface area (Å²) in [5.41, 5.74) is -1.20. The number of rotatable bonds is 3. The molecule has 7 nitrogen and oxygen atoms in total. The number of alkyl halides is 3. The number of furan rings is 1. The topological polar surface area (TPSA) is 75.7 Å². The fourth-order valence-corrected chi connectivity index (χ4v) is 3.29. The first-order valence-electron chi connectivity index (χ1n) is 8.82. The largest absolute Gasteiger partial charge is 0.463 e. The summed E-state index contributed by atoms with van der Waals surface area (Å²) >= 11 is 0. The lowest BCUT2D eigenvalue weighted by Gasteiger charge is -2.29. The Hall–Kier alpha value is -2.88. The van der Waals surface area contributed by atoms with Gasteiger partial charge in [-0.2, -0.15) is 18.3 Å². The molecule has 0 unspecified atom stereocenters. The van der Waals surface area contributed by atoms with Crippen molar-refractivity contribution in [2.24, 2.45) is 0 Å². The number of nitrogens with one attached hydrogen (secondary N) is 1. The first-order chi connectivity index (χ1) is 13.3. The Morgan fingerprint density at radius 2 is 2.07 bits per heavy atom. The molecule has 3 aromatic heterocycles. The van der Waals surface area contributed by atoms with Gasteiger partial charge in [-0.25, -0.2) is 9.50 Å². The zero-order valence-electron chi connectivity index (χ0n) is 15.0. The molecule has 0 atom stereocenters. The number of likely N-dealkylation sites (tertiary alicyclic amines) is 1. The van der Waals surface area contributed by atoms with Gasteiger partial charge in [-0.3, -0.25) is 4.79 Å². The molecule has 0 aliphatic carbocycles. The van der Waals surface area contributed by atoms with Crippen molar-refractivity contribution >= 4 is 11.6 Å². The van der Waals surface area contributed by atoms with Crippen LogP contribution in [0.15, 0.2) is 35.1 Å². The number of nitrogens with zero attached hydrogens (tertiary/aromatic N) is 4. The number of aromatic nitrogens is 3. The van der Waals surface area contributed by atoms with E-state index in [0.717, 1.165) is 38.2 Å². The van der Waals surface area contributed by atoms with Crippen molar-refractivity contribution in [3.8, 4) is 11.5 Å². The van der Waals surface area contributed by atoms with E-state index in [-0.39, 0.29) is 28.7 Å². The van der Waals surface area contributed by atoms with E-state index in [0.29, 0.717) is 4.52 Å². The summed E-state index contributed by atoms with van der Waals surface area (Å²) in [6.45, 7) is 1.69. The number of carbonyl (C=O) groups excluding carboxylic acids is 1. The smallest absolute Gasteiger partial charge is 0.433 e. The first kappa shape index (κ1) is 18.5. The number of fused-ring (bicyclic) bond motifs is 1. The molecule has 4 rings (SSSR count). The number of carbonyl (C=O) groups is 1. The molecule has 0 aromatic carbocycles. The molecule has 1 saturated heterocycles. The summed E-state index contributed by atoms with van der Waals surface area (Å²) in [4.78, 5) is 19.1. The van der Waals surface area contributed by atoms with Crippen molar-refractivity contribution in [3.05, 3.63) is 41.9 Å². The number of piperidine rings is 1. The first-order valence-corrected chi connectivity index (χ1v) is 8.82. The van der Waals surface area contributed by atoms with Gasteiger partial charge in [-0.05, 0) is 51.2 Å².